The highest BCUT2D eigenvalue weighted by molar-refractivity contribution is 9.09. The van der Waals surface area contributed by atoms with Crippen LogP contribution in [0.25, 0.3) is 0 Å². The van der Waals surface area contributed by atoms with Crippen LogP contribution in [0.1, 0.15) is 23.5 Å². The molecular weight excluding hydrogens is 236 g/mol. The second-order valence-corrected chi connectivity index (χ2v) is 5.34. The molecule has 0 spiro atoms. The third kappa shape index (κ3) is 1.18. The minimum Gasteiger partial charge on any atom is -0.0868 e. The lowest BCUT2D eigenvalue weighted by molar-refractivity contribution is 0.461. The number of fused-ring (bicyclic) bond motifs is 3. The highest BCUT2D eigenvalue weighted by atomic mass is 79.9. The molecule has 1 aromatic rings. The minimum absolute atomic E-state index is 0.577. The van der Waals surface area contributed by atoms with Gasteiger partial charge in [0.25, 0.3) is 0 Å². The van der Waals surface area contributed by atoms with Gasteiger partial charge in [-0.05, 0) is 35.8 Å². The van der Waals surface area contributed by atoms with Gasteiger partial charge >= 0.3 is 0 Å². The summed E-state index contributed by atoms with van der Waals surface area (Å²) in [7, 11) is 0. The molecule has 1 heteroatoms. The molecule has 72 valence electrons. The van der Waals surface area contributed by atoms with Gasteiger partial charge in [0.1, 0.15) is 0 Å². The molecule has 0 aliphatic heterocycles. The first-order valence-corrected chi connectivity index (χ1v) is 6.16. The van der Waals surface area contributed by atoms with Gasteiger partial charge < -0.3 is 0 Å². The Kier molecular flexibility index (Phi) is 2.01. The van der Waals surface area contributed by atoms with E-state index in [9.17, 15) is 0 Å². The van der Waals surface area contributed by atoms with Crippen molar-refractivity contribution < 1.29 is 0 Å². The third-order valence-corrected chi connectivity index (χ3v) is 4.53. The summed E-state index contributed by atoms with van der Waals surface area (Å²) in [5.74, 6) is 1.55. The largest absolute Gasteiger partial charge is 0.0868 e. The topological polar surface area (TPSA) is 0 Å². The molecule has 0 saturated heterocycles. The van der Waals surface area contributed by atoms with Crippen LogP contribution in [-0.2, 0) is 6.42 Å². The van der Waals surface area contributed by atoms with Crippen LogP contribution in [0.5, 0.6) is 0 Å². The smallest absolute Gasteiger partial charge is 0.0362 e. The molecule has 3 atom stereocenters. The second kappa shape index (κ2) is 3.23. The maximum Gasteiger partial charge on any atom is 0.0362 e. The van der Waals surface area contributed by atoms with Gasteiger partial charge in [0, 0.05) is 4.83 Å². The van der Waals surface area contributed by atoms with E-state index in [2.05, 4.69) is 52.3 Å². The highest BCUT2D eigenvalue weighted by Gasteiger charge is 2.36. The molecule has 0 N–H and O–H groups in total. The Morgan fingerprint density at radius 3 is 3.00 bits per heavy atom. The lowest BCUT2D eigenvalue weighted by atomic mass is 9.83. The summed E-state index contributed by atoms with van der Waals surface area (Å²) in [6.45, 7) is 0. The lowest BCUT2D eigenvalue weighted by Gasteiger charge is -2.26. The molecule has 0 radical (unpaired) electrons. The van der Waals surface area contributed by atoms with Gasteiger partial charge in [0.05, 0.1) is 0 Å². The molecule has 0 amide bonds. The predicted molar refractivity (Wildman–Crippen MR) is 62.8 cm³/mol. The van der Waals surface area contributed by atoms with Gasteiger partial charge in [-0.1, -0.05) is 52.3 Å². The lowest BCUT2D eigenvalue weighted by Crippen LogP contribution is -2.20. The van der Waals surface area contributed by atoms with Crippen molar-refractivity contribution in [2.24, 2.45) is 5.92 Å². The standard InChI is InChI=1S/C13H13Br/c14-13-7-3-6-11-10-5-2-1-4-9(10)8-12(11)13/h1-5,7,11-13H,6,8H2. The van der Waals surface area contributed by atoms with E-state index >= 15 is 0 Å². The minimum atomic E-state index is 0.577. The summed E-state index contributed by atoms with van der Waals surface area (Å²) in [6, 6.07) is 8.92. The number of hydrogen-bond donors (Lipinski definition) is 0. The van der Waals surface area contributed by atoms with Gasteiger partial charge in [-0.3, -0.25) is 0 Å². The zero-order valence-electron chi connectivity index (χ0n) is 7.99. The van der Waals surface area contributed by atoms with Gasteiger partial charge in [0.2, 0.25) is 0 Å². The van der Waals surface area contributed by atoms with Crippen molar-refractivity contribution >= 4 is 15.9 Å². The van der Waals surface area contributed by atoms with Crippen molar-refractivity contribution in [1.29, 1.82) is 0 Å². The normalized spacial score (nSPS) is 33.9. The molecular formula is C13H13Br. The van der Waals surface area contributed by atoms with Crippen LogP contribution >= 0.6 is 15.9 Å². The van der Waals surface area contributed by atoms with E-state index in [0.717, 1.165) is 11.8 Å². The van der Waals surface area contributed by atoms with Gasteiger partial charge in [-0.25, -0.2) is 0 Å². The number of benzene rings is 1. The molecule has 0 bridgehead atoms. The van der Waals surface area contributed by atoms with Gasteiger partial charge in [-0.15, -0.1) is 0 Å². The summed E-state index contributed by atoms with van der Waals surface area (Å²) in [6.07, 6.45) is 7.11. The van der Waals surface area contributed by atoms with Crippen molar-refractivity contribution in [3.63, 3.8) is 0 Å². The van der Waals surface area contributed by atoms with Crippen LogP contribution in [0.15, 0.2) is 36.4 Å². The zero-order valence-corrected chi connectivity index (χ0v) is 9.57. The molecule has 1 aromatic carbocycles. The first-order chi connectivity index (χ1) is 6.86. The Morgan fingerprint density at radius 1 is 1.21 bits per heavy atom. The molecule has 0 nitrogen and oxygen atoms in total. The average molecular weight is 249 g/mol. The summed E-state index contributed by atoms with van der Waals surface area (Å²) in [4.78, 5) is 0.577. The maximum atomic E-state index is 3.77. The van der Waals surface area contributed by atoms with Crippen LogP contribution < -0.4 is 0 Å². The van der Waals surface area contributed by atoms with Crippen molar-refractivity contribution in [3.05, 3.63) is 47.5 Å². The second-order valence-electron chi connectivity index (χ2n) is 4.28. The Bertz CT molecular complexity index is 381. The predicted octanol–water partition coefficient (Wildman–Crippen LogP) is 3.67. The fraction of sp³-hybridized carbons (Fsp3) is 0.385. The van der Waals surface area contributed by atoms with E-state index in [1.807, 2.05) is 0 Å². The summed E-state index contributed by atoms with van der Waals surface area (Å²) in [5.41, 5.74) is 3.15. The van der Waals surface area contributed by atoms with Crippen LogP contribution in [0.3, 0.4) is 0 Å². The average Bonchev–Trinajstić information content (AvgIpc) is 2.59. The molecule has 2 aliphatic rings. The monoisotopic (exact) mass is 248 g/mol. The van der Waals surface area contributed by atoms with Crippen LogP contribution in [0.2, 0.25) is 0 Å². The summed E-state index contributed by atoms with van der Waals surface area (Å²) < 4.78 is 0. The molecule has 0 aromatic heterocycles. The third-order valence-electron chi connectivity index (χ3n) is 3.55. The van der Waals surface area contributed by atoms with Crippen LogP contribution in [0.4, 0.5) is 0 Å². The first kappa shape index (κ1) is 8.72. The van der Waals surface area contributed by atoms with Crippen LogP contribution in [0, 0.1) is 5.92 Å². The molecule has 3 unspecified atom stereocenters. The fourth-order valence-electron chi connectivity index (χ4n) is 2.84. The fourth-order valence-corrected chi connectivity index (χ4v) is 3.61. The number of allylic oxidation sites excluding steroid dienone is 2. The number of hydrogen-bond acceptors (Lipinski definition) is 0. The summed E-state index contributed by atoms with van der Waals surface area (Å²) in [5, 5.41) is 0. The van der Waals surface area contributed by atoms with E-state index in [-0.39, 0.29) is 0 Å². The van der Waals surface area contributed by atoms with E-state index < -0.39 is 0 Å². The SMILES string of the molecule is BrC1C=CCC2c3ccccc3CC12. The number of rotatable bonds is 0. The molecule has 3 rings (SSSR count). The van der Waals surface area contributed by atoms with Gasteiger partial charge in [-0.2, -0.15) is 0 Å². The molecule has 0 saturated carbocycles. The first-order valence-electron chi connectivity index (χ1n) is 5.25. The molecule has 0 heterocycles. The Hall–Kier alpha value is -0.560. The zero-order chi connectivity index (χ0) is 9.54. The molecule has 2 aliphatic carbocycles. The molecule has 0 fully saturated rings. The van der Waals surface area contributed by atoms with Crippen molar-refractivity contribution in [3.8, 4) is 0 Å². The van der Waals surface area contributed by atoms with Crippen molar-refractivity contribution in [2.45, 2.75) is 23.6 Å². The highest BCUT2D eigenvalue weighted by Crippen LogP contribution is 2.46. The van der Waals surface area contributed by atoms with E-state index in [4.69, 9.17) is 0 Å². The number of halogens is 1. The van der Waals surface area contributed by atoms with E-state index in [0.29, 0.717) is 4.83 Å². The Labute approximate surface area is 93.2 Å². The van der Waals surface area contributed by atoms with E-state index in [1.165, 1.54) is 12.8 Å². The number of alkyl halides is 1. The quantitative estimate of drug-likeness (QED) is 0.486. The Balaban J connectivity index is 2.04. The summed E-state index contributed by atoms with van der Waals surface area (Å²) >= 11 is 3.77. The van der Waals surface area contributed by atoms with Crippen molar-refractivity contribution in [2.75, 3.05) is 0 Å². The van der Waals surface area contributed by atoms with Crippen molar-refractivity contribution in [1.82, 2.24) is 0 Å². The molecule has 14 heavy (non-hydrogen) atoms. The van der Waals surface area contributed by atoms with Crippen LogP contribution in [-0.4, -0.2) is 4.83 Å². The Morgan fingerprint density at radius 2 is 2.07 bits per heavy atom. The van der Waals surface area contributed by atoms with E-state index in [1.54, 1.807) is 11.1 Å². The van der Waals surface area contributed by atoms with Gasteiger partial charge in [0.15, 0.2) is 0 Å². The maximum absolute atomic E-state index is 3.77.